The van der Waals surface area contributed by atoms with Crippen LogP contribution in [0.3, 0.4) is 0 Å². The molecule has 0 aliphatic carbocycles. The predicted molar refractivity (Wildman–Crippen MR) is 112 cm³/mol. The van der Waals surface area contributed by atoms with Gasteiger partial charge >= 0.3 is 0 Å². The minimum Gasteiger partial charge on any atom is -0.497 e. The van der Waals surface area contributed by atoms with E-state index in [0.717, 1.165) is 16.9 Å². The van der Waals surface area contributed by atoms with Gasteiger partial charge in [0.25, 0.3) is 0 Å². The lowest BCUT2D eigenvalue weighted by atomic mass is 10.1. The number of guanidine groups is 1. The smallest absolute Gasteiger partial charge is 0.191 e. The molecule has 1 heterocycles. The Morgan fingerprint density at radius 1 is 1.19 bits per heavy atom. The van der Waals surface area contributed by atoms with Gasteiger partial charge in [-0.15, -0.1) is 24.0 Å². The van der Waals surface area contributed by atoms with E-state index in [1.807, 2.05) is 24.3 Å². The second kappa shape index (κ2) is 10.3. The first kappa shape index (κ1) is 21.2. The number of nitrogens with one attached hydrogen (secondary N) is 2. The van der Waals surface area contributed by atoms with Gasteiger partial charge in [0.05, 0.1) is 13.7 Å². The summed E-state index contributed by atoms with van der Waals surface area (Å²) in [4.78, 5) is 4.20. The molecule has 0 spiro atoms. The SMILES string of the molecule is CN=C(NCc1ccc(OC)cc1)NCc1cc(F)cc2c1OCOC2.I. The molecule has 27 heavy (non-hydrogen) atoms. The van der Waals surface area contributed by atoms with Gasteiger partial charge in [0.2, 0.25) is 0 Å². The van der Waals surface area contributed by atoms with Crippen LogP contribution in [0, 0.1) is 5.82 Å². The second-order valence-electron chi connectivity index (χ2n) is 5.79. The Morgan fingerprint density at radius 3 is 2.63 bits per heavy atom. The maximum atomic E-state index is 13.8. The fourth-order valence-electron chi connectivity index (χ4n) is 2.72. The van der Waals surface area contributed by atoms with Gasteiger partial charge < -0.3 is 24.8 Å². The van der Waals surface area contributed by atoms with E-state index in [0.29, 0.717) is 37.0 Å². The van der Waals surface area contributed by atoms with Crippen LogP contribution in [0.25, 0.3) is 0 Å². The first-order chi connectivity index (χ1) is 12.7. The third-order valence-electron chi connectivity index (χ3n) is 4.04. The van der Waals surface area contributed by atoms with E-state index < -0.39 is 0 Å². The first-order valence-electron chi connectivity index (χ1n) is 8.29. The van der Waals surface area contributed by atoms with E-state index in [2.05, 4.69) is 15.6 Å². The molecule has 0 saturated carbocycles. The second-order valence-corrected chi connectivity index (χ2v) is 5.79. The van der Waals surface area contributed by atoms with Gasteiger partial charge in [-0.2, -0.15) is 0 Å². The van der Waals surface area contributed by atoms with Gasteiger partial charge in [-0.05, 0) is 29.8 Å². The van der Waals surface area contributed by atoms with E-state index in [4.69, 9.17) is 14.2 Å². The Hall–Kier alpha value is -2.07. The lowest BCUT2D eigenvalue weighted by Crippen LogP contribution is -2.36. The van der Waals surface area contributed by atoms with Crippen molar-refractivity contribution in [3.63, 3.8) is 0 Å². The average Bonchev–Trinajstić information content (AvgIpc) is 2.68. The molecule has 1 aliphatic heterocycles. The summed E-state index contributed by atoms with van der Waals surface area (Å²) in [5, 5.41) is 6.41. The number of methoxy groups -OCH3 is 1. The number of rotatable bonds is 5. The summed E-state index contributed by atoms with van der Waals surface area (Å²) in [7, 11) is 3.33. The van der Waals surface area contributed by atoms with Crippen molar-refractivity contribution in [1.82, 2.24) is 10.6 Å². The quantitative estimate of drug-likeness (QED) is 0.386. The normalized spacial score (nSPS) is 13.1. The van der Waals surface area contributed by atoms with E-state index in [-0.39, 0.29) is 36.6 Å². The molecule has 0 aromatic heterocycles. The molecule has 0 bridgehead atoms. The number of halogens is 2. The molecule has 0 amide bonds. The highest BCUT2D eigenvalue weighted by molar-refractivity contribution is 14.0. The lowest BCUT2D eigenvalue weighted by molar-refractivity contribution is -0.0172. The molecule has 0 saturated heterocycles. The minimum absolute atomic E-state index is 0. The van der Waals surface area contributed by atoms with Crippen molar-refractivity contribution in [2.45, 2.75) is 19.7 Å². The summed E-state index contributed by atoms with van der Waals surface area (Å²) < 4.78 is 29.7. The first-order valence-corrected chi connectivity index (χ1v) is 8.29. The standard InChI is InChI=1S/C19H22FN3O3.HI/c1-21-19(22-9-13-3-5-17(24-2)6-4-13)23-10-14-7-16(20)8-15-11-25-12-26-18(14)15;/h3-8H,9-12H2,1-2H3,(H2,21,22,23);1H. The van der Waals surface area contributed by atoms with Gasteiger partial charge in [-0.3, -0.25) is 4.99 Å². The van der Waals surface area contributed by atoms with Crippen LogP contribution in [0.4, 0.5) is 4.39 Å². The van der Waals surface area contributed by atoms with Gasteiger partial charge in [0, 0.05) is 31.3 Å². The third kappa shape index (κ3) is 5.70. The van der Waals surface area contributed by atoms with E-state index in [1.54, 1.807) is 14.2 Å². The molecule has 0 radical (unpaired) electrons. The molecule has 0 atom stereocenters. The maximum Gasteiger partial charge on any atom is 0.191 e. The van der Waals surface area contributed by atoms with Gasteiger partial charge in [-0.1, -0.05) is 12.1 Å². The van der Waals surface area contributed by atoms with Gasteiger partial charge in [0.15, 0.2) is 12.8 Å². The molecule has 2 N–H and O–H groups in total. The van der Waals surface area contributed by atoms with Gasteiger partial charge in [-0.25, -0.2) is 4.39 Å². The molecular weight excluding hydrogens is 464 g/mol. The number of fused-ring (bicyclic) bond motifs is 1. The fraction of sp³-hybridized carbons (Fsp3) is 0.316. The summed E-state index contributed by atoms with van der Waals surface area (Å²) >= 11 is 0. The van der Waals surface area contributed by atoms with E-state index in [1.165, 1.54) is 12.1 Å². The third-order valence-corrected chi connectivity index (χ3v) is 4.04. The van der Waals surface area contributed by atoms with Crippen LogP contribution in [-0.2, 0) is 24.4 Å². The Balaban J connectivity index is 0.00000261. The highest BCUT2D eigenvalue weighted by atomic mass is 127. The lowest BCUT2D eigenvalue weighted by Gasteiger charge is -2.21. The number of nitrogens with zero attached hydrogens (tertiary/aromatic N) is 1. The Morgan fingerprint density at radius 2 is 1.93 bits per heavy atom. The number of aliphatic imine (C=N–C) groups is 1. The van der Waals surface area contributed by atoms with Crippen molar-refractivity contribution in [3.8, 4) is 11.5 Å². The summed E-state index contributed by atoms with van der Waals surface area (Å²) in [5.41, 5.74) is 2.54. The van der Waals surface area contributed by atoms with Crippen LogP contribution >= 0.6 is 24.0 Å². The highest BCUT2D eigenvalue weighted by Gasteiger charge is 2.17. The molecule has 6 nitrogen and oxygen atoms in total. The average molecular weight is 487 g/mol. The largest absolute Gasteiger partial charge is 0.497 e. The number of hydrogen-bond acceptors (Lipinski definition) is 4. The van der Waals surface area contributed by atoms with Crippen molar-refractivity contribution in [2.75, 3.05) is 21.0 Å². The van der Waals surface area contributed by atoms with Crippen molar-refractivity contribution < 1.29 is 18.6 Å². The molecule has 1 aliphatic rings. The minimum atomic E-state index is -0.309. The summed E-state index contributed by atoms with van der Waals surface area (Å²) in [6.07, 6.45) is 0. The molecule has 2 aromatic carbocycles. The van der Waals surface area contributed by atoms with Crippen LogP contribution in [0.5, 0.6) is 11.5 Å². The van der Waals surface area contributed by atoms with Crippen LogP contribution in [0.2, 0.25) is 0 Å². The van der Waals surface area contributed by atoms with Crippen molar-refractivity contribution in [3.05, 3.63) is 58.9 Å². The summed E-state index contributed by atoms with van der Waals surface area (Å²) in [6.45, 7) is 1.53. The molecule has 8 heteroatoms. The Bertz CT molecular complexity index is 785. The highest BCUT2D eigenvalue weighted by Crippen LogP contribution is 2.29. The molecule has 3 rings (SSSR count). The number of hydrogen-bond donors (Lipinski definition) is 2. The number of ether oxygens (including phenoxy) is 3. The topological polar surface area (TPSA) is 64.1 Å². The summed E-state index contributed by atoms with van der Waals surface area (Å²) in [6, 6.07) is 10.7. The Kier molecular flexibility index (Phi) is 8.11. The zero-order valence-electron chi connectivity index (χ0n) is 15.3. The van der Waals surface area contributed by atoms with Crippen molar-refractivity contribution in [2.24, 2.45) is 4.99 Å². The predicted octanol–water partition coefficient (Wildman–Crippen LogP) is 3.18. The van der Waals surface area contributed by atoms with Crippen LogP contribution < -0.4 is 20.1 Å². The maximum absolute atomic E-state index is 13.8. The van der Waals surface area contributed by atoms with Crippen LogP contribution in [0.1, 0.15) is 16.7 Å². The van der Waals surface area contributed by atoms with E-state index >= 15 is 0 Å². The fourth-order valence-corrected chi connectivity index (χ4v) is 2.72. The zero-order valence-corrected chi connectivity index (χ0v) is 17.6. The number of benzene rings is 2. The summed E-state index contributed by atoms with van der Waals surface area (Å²) in [5.74, 6) is 1.80. The van der Waals surface area contributed by atoms with Crippen molar-refractivity contribution >= 4 is 29.9 Å². The monoisotopic (exact) mass is 487 g/mol. The van der Waals surface area contributed by atoms with Crippen molar-refractivity contribution in [1.29, 1.82) is 0 Å². The molecule has 0 fully saturated rings. The van der Waals surface area contributed by atoms with E-state index in [9.17, 15) is 4.39 Å². The Labute approximate surface area is 175 Å². The molecule has 0 unspecified atom stereocenters. The van der Waals surface area contributed by atoms with Crippen LogP contribution in [-0.4, -0.2) is 26.9 Å². The van der Waals surface area contributed by atoms with Gasteiger partial charge in [0.1, 0.15) is 17.3 Å². The zero-order chi connectivity index (χ0) is 18.4. The molecular formula is C19H23FIN3O3. The molecule has 2 aromatic rings. The van der Waals surface area contributed by atoms with Crippen LogP contribution in [0.15, 0.2) is 41.4 Å². The molecule has 146 valence electrons.